The highest BCUT2D eigenvalue weighted by molar-refractivity contribution is 8.00. The van der Waals surface area contributed by atoms with Gasteiger partial charge in [0.05, 0.1) is 32.9 Å². The molecule has 1 saturated heterocycles. The molecule has 2 heterocycles. The molecule has 0 spiro atoms. The number of hydrogen-bond acceptors (Lipinski definition) is 11. The molecule has 1 N–H and O–H groups in total. The van der Waals surface area contributed by atoms with Crippen molar-refractivity contribution < 1.29 is 38.0 Å². The number of rotatable bonds is 12. The smallest absolute Gasteiger partial charge is 0.301 e. The lowest BCUT2D eigenvalue weighted by Gasteiger charge is -2.24. The van der Waals surface area contributed by atoms with Crippen molar-refractivity contribution in [1.82, 2.24) is 10.2 Å². The molecule has 5 aromatic rings. The second kappa shape index (κ2) is 15.0. The molecule has 1 aromatic heterocycles. The normalized spacial score (nSPS) is 15.3. The second-order valence-corrected chi connectivity index (χ2v) is 13.3. The summed E-state index contributed by atoms with van der Waals surface area (Å²) >= 11 is 2.31. The summed E-state index contributed by atoms with van der Waals surface area (Å²) in [5.41, 5.74) is 3.12. The van der Waals surface area contributed by atoms with E-state index >= 15 is 0 Å². The number of ether oxygens (including phenoxy) is 4. The van der Waals surface area contributed by atoms with Gasteiger partial charge in [0.25, 0.3) is 5.78 Å². The average molecular weight is 714 g/mol. The number of ketones is 1. The number of thioether (sulfide) groups is 1. The fourth-order valence-corrected chi connectivity index (χ4v) is 7.40. The van der Waals surface area contributed by atoms with Gasteiger partial charge in [-0.15, -0.1) is 10.2 Å². The van der Waals surface area contributed by atoms with Crippen LogP contribution >= 0.6 is 23.1 Å². The minimum absolute atomic E-state index is 0.112. The zero-order chi connectivity index (χ0) is 35.4. The van der Waals surface area contributed by atoms with Crippen molar-refractivity contribution in [3.8, 4) is 23.0 Å². The Morgan fingerprint density at radius 3 is 2.30 bits per heavy atom. The lowest BCUT2D eigenvalue weighted by molar-refractivity contribution is -0.132. The zero-order valence-electron chi connectivity index (χ0n) is 27.5. The summed E-state index contributed by atoms with van der Waals surface area (Å²) in [5.74, 6) is -0.874. The topological polar surface area (TPSA) is 120 Å². The third kappa shape index (κ3) is 7.00. The summed E-state index contributed by atoms with van der Waals surface area (Å²) in [6.07, 6.45) is 0. The number of Topliss-reactive ketones (excluding diaryl/α,β-unsaturated/α-hetero) is 1. The summed E-state index contributed by atoms with van der Waals surface area (Å²) in [6.45, 7) is 2.36. The number of aliphatic hydroxyl groups is 1. The van der Waals surface area contributed by atoms with Gasteiger partial charge >= 0.3 is 5.91 Å². The monoisotopic (exact) mass is 713 g/mol. The Hall–Kier alpha value is -5.40. The Labute approximate surface area is 296 Å². The molecule has 50 heavy (non-hydrogen) atoms. The van der Waals surface area contributed by atoms with E-state index in [0.29, 0.717) is 39.1 Å². The molecular weight excluding hydrogens is 682 g/mol. The number of aliphatic hydroxyl groups excluding tert-OH is 1. The predicted molar refractivity (Wildman–Crippen MR) is 189 cm³/mol. The molecule has 1 aliphatic rings. The van der Waals surface area contributed by atoms with Crippen LogP contribution in [0.5, 0.6) is 23.0 Å². The largest absolute Gasteiger partial charge is 0.507 e. The Kier molecular flexibility index (Phi) is 10.3. The van der Waals surface area contributed by atoms with Gasteiger partial charge < -0.3 is 24.1 Å². The lowest BCUT2D eigenvalue weighted by Crippen LogP contribution is -2.29. The van der Waals surface area contributed by atoms with Crippen LogP contribution in [0.2, 0.25) is 0 Å². The minimum atomic E-state index is -1.15. The van der Waals surface area contributed by atoms with E-state index in [-0.39, 0.29) is 33.8 Å². The summed E-state index contributed by atoms with van der Waals surface area (Å²) in [5, 5.41) is 20.3. The van der Waals surface area contributed by atoms with Crippen molar-refractivity contribution in [3.05, 3.63) is 124 Å². The van der Waals surface area contributed by atoms with Crippen LogP contribution in [0, 0.1) is 12.7 Å². The van der Waals surface area contributed by atoms with E-state index in [9.17, 15) is 19.1 Å². The van der Waals surface area contributed by atoms with Gasteiger partial charge in [0.15, 0.2) is 15.8 Å². The fraction of sp³-hybridized carbons (Fsp3) is 0.189. The van der Waals surface area contributed by atoms with Crippen LogP contribution < -0.4 is 23.8 Å². The third-order valence-electron chi connectivity index (χ3n) is 7.97. The van der Waals surface area contributed by atoms with Crippen molar-refractivity contribution in [3.63, 3.8) is 0 Å². The van der Waals surface area contributed by atoms with Gasteiger partial charge in [-0.3, -0.25) is 14.5 Å². The molecule has 1 fully saturated rings. The SMILES string of the molecule is COc1cc(C2C(=C(O)c3ccc(OCc4cccc(C)c4)cc3)C(=O)C(=O)N2c2nnc(SCc3ccccc3F)s2)cc(OC)c1OC. The molecule has 1 amide bonds. The predicted octanol–water partition coefficient (Wildman–Crippen LogP) is 7.51. The Morgan fingerprint density at radius 2 is 1.64 bits per heavy atom. The van der Waals surface area contributed by atoms with Gasteiger partial charge in [0, 0.05) is 11.3 Å². The van der Waals surface area contributed by atoms with Crippen molar-refractivity contribution in [2.75, 3.05) is 26.2 Å². The first-order valence-electron chi connectivity index (χ1n) is 15.3. The van der Waals surface area contributed by atoms with E-state index in [1.165, 1.54) is 44.1 Å². The second-order valence-electron chi connectivity index (χ2n) is 11.2. The van der Waals surface area contributed by atoms with Gasteiger partial charge in [-0.1, -0.05) is 71.1 Å². The van der Waals surface area contributed by atoms with E-state index in [0.717, 1.165) is 22.5 Å². The van der Waals surface area contributed by atoms with E-state index < -0.39 is 23.5 Å². The number of methoxy groups -OCH3 is 3. The number of anilines is 1. The number of aryl methyl sites for hydroxylation is 1. The third-order valence-corrected chi connectivity index (χ3v) is 10.1. The Morgan fingerprint density at radius 1 is 0.920 bits per heavy atom. The van der Waals surface area contributed by atoms with Gasteiger partial charge in [-0.25, -0.2) is 4.39 Å². The van der Waals surface area contributed by atoms with Crippen LogP contribution in [0.15, 0.2) is 94.8 Å². The maximum Gasteiger partial charge on any atom is 0.301 e. The van der Waals surface area contributed by atoms with Crippen LogP contribution in [-0.4, -0.2) is 48.3 Å². The van der Waals surface area contributed by atoms with E-state index in [1.54, 1.807) is 54.6 Å². The number of carbonyl (C=O) groups excluding carboxylic acids is 2. The van der Waals surface area contributed by atoms with Crippen molar-refractivity contribution in [1.29, 1.82) is 0 Å². The number of benzene rings is 4. The van der Waals surface area contributed by atoms with Crippen molar-refractivity contribution >= 4 is 45.7 Å². The first kappa shape index (κ1) is 34.5. The van der Waals surface area contributed by atoms with Gasteiger partial charge in [0.2, 0.25) is 10.9 Å². The Bertz CT molecular complexity index is 2060. The molecule has 13 heteroatoms. The van der Waals surface area contributed by atoms with Crippen LogP contribution in [0.25, 0.3) is 5.76 Å². The van der Waals surface area contributed by atoms with E-state index in [2.05, 4.69) is 10.2 Å². The molecule has 1 aliphatic heterocycles. The average Bonchev–Trinajstić information content (AvgIpc) is 3.70. The molecule has 0 bridgehead atoms. The quantitative estimate of drug-likeness (QED) is 0.0457. The zero-order valence-corrected chi connectivity index (χ0v) is 29.1. The molecule has 1 unspecified atom stereocenters. The van der Waals surface area contributed by atoms with Crippen LogP contribution in [0.4, 0.5) is 9.52 Å². The molecule has 1 atom stereocenters. The van der Waals surface area contributed by atoms with Crippen molar-refractivity contribution in [2.45, 2.75) is 29.7 Å². The van der Waals surface area contributed by atoms with E-state index in [4.69, 9.17) is 18.9 Å². The van der Waals surface area contributed by atoms with Crippen LogP contribution in [0.3, 0.4) is 0 Å². The molecule has 0 saturated carbocycles. The minimum Gasteiger partial charge on any atom is -0.507 e. The number of amides is 1. The number of hydrogen-bond donors (Lipinski definition) is 1. The highest BCUT2D eigenvalue weighted by Crippen LogP contribution is 2.48. The summed E-state index contributed by atoms with van der Waals surface area (Å²) in [4.78, 5) is 28.8. The first-order valence-corrected chi connectivity index (χ1v) is 17.1. The number of nitrogens with zero attached hydrogens (tertiary/aromatic N) is 3. The number of carbonyl (C=O) groups is 2. The van der Waals surface area contributed by atoms with Gasteiger partial charge in [-0.05, 0) is 66.1 Å². The molecule has 256 valence electrons. The number of halogens is 1. The van der Waals surface area contributed by atoms with Crippen LogP contribution in [-0.2, 0) is 21.9 Å². The lowest BCUT2D eigenvalue weighted by atomic mass is 9.94. The molecular formula is C37H32FN3O7S2. The fourth-order valence-electron chi connectivity index (χ4n) is 5.55. The molecule has 4 aromatic carbocycles. The molecule has 0 radical (unpaired) electrons. The summed E-state index contributed by atoms with van der Waals surface area (Å²) < 4.78 is 37.3. The van der Waals surface area contributed by atoms with Crippen molar-refractivity contribution in [2.24, 2.45) is 0 Å². The molecule has 10 nitrogen and oxygen atoms in total. The highest BCUT2D eigenvalue weighted by Gasteiger charge is 2.49. The standard InChI is InChI=1S/C37H32FN3O7S2/c1-21-8-7-9-22(16-21)19-48-26-14-12-23(13-15-26)32(42)30-31(25-17-28(45-2)34(47-4)29(18-25)46-3)41(35(44)33(30)43)36-39-40-37(50-36)49-20-24-10-5-6-11-27(24)38/h5-18,31,42H,19-20H2,1-4H3. The maximum atomic E-state index is 14.3. The first-order chi connectivity index (χ1) is 24.2. The van der Waals surface area contributed by atoms with Gasteiger partial charge in [-0.2, -0.15) is 0 Å². The maximum absolute atomic E-state index is 14.3. The number of aromatic nitrogens is 2. The summed E-state index contributed by atoms with van der Waals surface area (Å²) in [6, 6.07) is 23.0. The van der Waals surface area contributed by atoms with Crippen LogP contribution in [0.1, 0.15) is 33.9 Å². The highest BCUT2D eigenvalue weighted by atomic mass is 32.2. The molecule has 6 rings (SSSR count). The van der Waals surface area contributed by atoms with Gasteiger partial charge in [0.1, 0.15) is 23.9 Å². The van der Waals surface area contributed by atoms with E-state index in [1.807, 2.05) is 31.2 Å². The molecule has 0 aliphatic carbocycles. The summed E-state index contributed by atoms with van der Waals surface area (Å²) in [7, 11) is 4.36. The Balaban J connectivity index is 1.38.